The summed E-state index contributed by atoms with van der Waals surface area (Å²) < 4.78 is 1.10. The average Bonchev–Trinajstić information content (AvgIpc) is 2.27. The third kappa shape index (κ3) is 6.21. The average molecular weight is 327 g/mol. The number of nitrogens with one attached hydrogen (secondary N) is 1. The van der Waals surface area contributed by atoms with Crippen molar-refractivity contribution >= 4 is 21.8 Å². The van der Waals surface area contributed by atoms with Gasteiger partial charge in [-0.25, -0.2) is 0 Å². The van der Waals surface area contributed by atoms with Gasteiger partial charge in [-0.15, -0.1) is 0 Å². The Hall–Kier alpha value is -0.870. The van der Waals surface area contributed by atoms with E-state index in [0.717, 1.165) is 10.9 Å². The van der Waals surface area contributed by atoms with Gasteiger partial charge in [0.05, 0.1) is 0 Å². The van der Waals surface area contributed by atoms with Crippen LogP contribution < -0.4 is 5.32 Å². The summed E-state index contributed by atoms with van der Waals surface area (Å²) in [7, 11) is 3.58. The lowest BCUT2D eigenvalue weighted by Crippen LogP contribution is -2.39. The molecule has 0 aliphatic carbocycles. The first-order chi connectivity index (χ1) is 8.88. The van der Waals surface area contributed by atoms with Gasteiger partial charge < -0.3 is 10.2 Å². The van der Waals surface area contributed by atoms with E-state index < -0.39 is 0 Å². The molecule has 0 aliphatic heterocycles. The standard InChI is InChI=1S/C15H23BrN2O/c1-11(8-13-6-5-7-14(16)10-13)17-12(2)9-15(19)18(3)4/h5-7,10-12,17H,8-9H2,1-4H3/t11-,12+/m0/s1. The summed E-state index contributed by atoms with van der Waals surface area (Å²) in [6.07, 6.45) is 1.50. The third-order valence-electron chi connectivity index (χ3n) is 2.98. The number of carbonyl (C=O) groups excluding carboxylic acids is 1. The Morgan fingerprint density at radius 1 is 1.32 bits per heavy atom. The first kappa shape index (κ1) is 16.2. The monoisotopic (exact) mass is 326 g/mol. The van der Waals surface area contributed by atoms with Gasteiger partial charge in [0.2, 0.25) is 5.91 Å². The van der Waals surface area contributed by atoms with Crippen molar-refractivity contribution in [1.29, 1.82) is 0 Å². The largest absolute Gasteiger partial charge is 0.349 e. The van der Waals surface area contributed by atoms with Crippen molar-refractivity contribution in [2.75, 3.05) is 14.1 Å². The fourth-order valence-corrected chi connectivity index (χ4v) is 2.51. The summed E-state index contributed by atoms with van der Waals surface area (Å²) in [5.74, 6) is 0.162. The lowest BCUT2D eigenvalue weighted by Gasteiger charge is -2.21. The summed E-state index contributed by atoms with van der Waals surface area (Å²) >= 11 is 3.48. The van der Waals surface area contributed by atoms with Crippen LogP contribution in [0.1, 0.15) is 25.8 Å². The molecule has 0 bridgehead atoms. The van der Waals surface area contributed by atoms with E-state index in [4.69, 9.17) is 0 Å². The fraction of sp³-hybridized carbons (Fsp3) is 0.533. The minimum Gasteiger partial charge on any atom is -0.349 e. The van der Waals surface area contributed by atoms with Crippen LogP contribution in [0.5, 0.6) is 0 Å². The zero-order chi connectivity index (χ0) is 14.4. The number of carbonyl (C=O) groups is 1. The minimum atomic E-state index is 0.162. The van der Waals surface area contributed by atoms with Crippen LogP contribution in [-0.4, -0.2) is 37.0 Å². The van der Waals surface area contributed by atoms with Crippen molar-refractivity contribution in [2.24, 2.45) is 0 Å². The van der Waals surface area contributed by atoms with Gasteiger partial charge in [0, 0.05) is 37.1 Å². The molecule has 19 heavy (non-hydrogen) atoms. The zero-order valence-corrected chi connectivity index (χ0v) is 13.7. The van der Waals surface area contributed by atoms with Crippen molar-refractivity contribution in [3.63, 3.8) is 0 Å². The molecule has 0 fully saturated rings. The fourth-order valence-electron chi connectivity index (χ4n) is 2.07. The van der Waals surface area contributed by atoms with Gasteiger partial charge >= 0.3 is 0 Å². The van der Waals surface area contributed by atoms with Gasteiger partial charge in [-0.2, -0.15) is 0 Å². The Balaban J connectivity index is 2.42. The van der Waals surface area contributed by atoms with E-state index in [1.165, 1.54) is 5.56 Å². The molecule has 3 nitrogen and oxygen atoms in total. The van der Waals surface area contributed by atoms with Crippen molar-refractivity contribution in [1.82, 2.24) is 10.2 Å². The number of benzene rings is 1. The molecule has 1 aromatic rings. The molecule has 0 unspecified atom stereocenters. The molecule has 0 aliphatic rings. The predicted molar refractivity (Wildman–Crippen MR) is 83.2 cm³/mol. The molecule has 4 heteroatoms. The molecule has 0 aromatic heterocycles. The van der Waals surface area contributed by atoms with E-state index in [1.54, 1.807) is 19.0 Å². The molecule has 0 spiro atoms. The van der Waals surface area contributed by atoms with Gasteiger partial charge in [0.1, 0.15) is 0 Å². The molecule has 0 radical (unpaired) electrons. The van der Waals surface area contributed by atoms with Crippen molar-refractivity contribution in [3.8, 4) is 0 Å². The first-order valence-corrected chi connectivity index (χ1v) is 7.38. The zero-order valence-electron chi connectivity index (χ0n) is 12.1. The molecular weight excluding hydrogens is 304 g/mol. The number of rotatable bonds is 6. The second-order valence-corrected chi connectivity index (χ2v) is 6.21. The minimum absolute atomic E-state index is 0.162. The summed E-state index contributed by atoms with van der Waals surface area (Å²) in [5, 5.41) is 3.47. The van der Waals surface area contributed by atoms with Crippen molar-refractivity contribution in [3.05, 3.63) is 34.3 Å². The van der Waals surface area contributed by atoms with Crippen LogP contribution in [0.25, 0.3) is 0 Å². The number of halogens is 1. The summed E-state index contributed by atoms with van der Waals surface area (Å²) in [5.41, 5.74) is 1.29. The quantitative estimate of drug-likeness (QED) is 0.871. The normalized spacial score (nSPS) is 13.9. The van der Waals surface area contributed by atoms with Gasteiger partial charge in [0.15, 0.2) is 0 Å². The molecule has 1 amide bonds. The molecule has 1 rings (SSSR count). The van der Waals surface area contributed by atoms with Gasteiger partial charge in [-0.1, -0.05) is 28.1 Å². The van der Waals surface area contributed by atoms with Crippen molar-refractivity contribution in [2.45, 2.75) is 38.8 Å². The van der Waals surface area contributed by atoms with Crippen LogP contribution in [0, 0.1) is 0 Å². The van der Waals surface area contributed by atoms with Crippen molar-refractivity contribution < 1.29 is 4.79 Å². The van der Waals surface area contributed by atoms with E-state index in [-0.39, 0.29) is 11.9 Å². The molecule has 0 saturated carbocycles. The van der Waals surface area contributed by atoms with Crippen LogP contribution in [0.3, 0.4) is 0 Å². The highest BCUT2D eigenvalue weighted by Crippen LogP contribution is 2.13. The smallest absolute Gasteiger partial charge is 0.223 e. The Morgan fingerprint density at radius 3 is 2.58 bits per heavy atom. The van der Waals surface area contributed by atoms with Crippen LogP contribution in [-0.2, 0) is 11.2 Å². The maximum Gasteiger partial charge on any atom is 0.223 e. The van der Waals surface area contributed by atoms with Gasteiger partial charge in [0.25, 0.3) is 0 Å². The number of nitrogens with zero attached hydrogens (tertiary/aromatic N) is 1. The Labute approximate surface area is 124 Å². The molecule has 1 aromatic carbocycles. The highest BCUT2D eigenvalue weighted by atomic mass is 79.9. The molecule has 2 atom stereocenters. The SMILES string of the molecule is C[C@H](CC(=O)N(C)C)N[C@@H](C)Cc1cccc(Br)c1. The second-order valence-electron chi connectivity index (χ2n) is 5.30. The lowest BCUT2D eigenvalue weighted by molar-refractivity contribution is -0.129. The van der Waals surface area contributed by atoms with E-state index in [0.29, 0.717) is 12.5 Å². The molecule has 106 valence electrons. The maximum atomic E-state index is 11.6. The van der Waals surface area contributed by atoms with E-state index in [2.05, 4.69) is 47.2 Å². The predicted octanol–water partition coefficient (Wildman–Crippen LogP) is 2.84. The number of hydrogen-bond acceptors (Lipinski definition) is 2. The summed E-state index contributed by atoms with van der Waals surface area (Å²) in [6.45, 7) is 4.20. The Kier molecular flexibility index (Phi) is 6.52. The third-order valence-corrected chi connectivity index (χ3v) is 3.47. The summed E-state index contributed by atoms with van der Waals surface area (Å²) in [6, 6.07) is 8.87. The van der Waals surface area contributed by atoms with Gasteiger partial charge in [-0.05, 0) is 38.0 Å². The summed E-state index contributed by atoms with van der Waals surface area (Å²) in [4.78, 5) is 13.3. The highest BCUT2D eigenvalue weighted by Gasteiger charge is 2.13. The topological polar surface area (TPSA) is 32.3 Å². The van der Waals surface area contributed by atoms with E-state index in [1.807, 2.05) is 12.1 Å². The van der Waals surface area contributed by atoms with Crippen LogP contribution >= 0.6 is 15.9 Å². The van der Waals surface area contributed by atoms with Crippen LogP contribution in [0.15, 0.2) is 28.7 Å². The molecular formula is C15H23BrN2O. The van der Waals surface area contributed by atoms with E-state index in [9.17, 15) is 4.79 Å². The maximum absolute atomic E-state index is 11.6. The second kappa shape index (κ2) is 7.65. The Morgan fingerprint density at radius 2 is 2.00 bits per heavy atom. The first-order valence-electron chi connectivity index (χ1n) is 6.59. The molecule has 0 saturated heterocycles. The molecule has 1 N–H and O–H groups in total. The number of hydrogen-bond donors (Lipinski definition) is 1. The van der Waals surface area contributed by atoms with Gasteiger partial charge in [-0.3, -0.25) is 4.79 Å². The lowest BCUT2D eigenvalue weighted by atomic mass is 10.1. The van der Waals surface area contributed by atoms with Crippen LogP contribution in [0.4, 0.5) is 0 Å². The van der Waals surface area contributed by atoms with E-state index >= 15 is 0 Å². The molecule has 0 heterocycles. The Bertz CT molecular complexity index is 420. The highest BCUT2D eigenvalue weighted by molar-refractivity contribution is 9.10. The van der Waals surface area contributed by atoms with Crippen LogP contribution in [0.2, 0.25) is 0 Å². The number of amides is 1.